The van der Waals surface area contributed by atoms with Gasteiger partial charge in [0.05, 0.1) is 6.10 Å². The SMILES string of the molecule is OC1CN(Cc2ccc(F)cc2)CC2(CCN(Cc3cccc4nonc34)CC2)C1. The van der Waals surface area contributed by atoms with Gasteiger partial charge in [-0.15, -0.1) is 0 Å². The zero-order valence-corrected chi connectivity index (χ0v) is 17.0. The van der Waals surface area contributed by atoms with Gasteiger partial charge in [0.25, 0.3) is 0 Å². The molecule has 3 heterocycles. The summed E-state index contributed by atoms with van der Waals surface area (Å²) in [5.74, 6) is -0.210. The van der Waals surface area contributed by atoms with Crippen LogP contribution >= 0.6 is 0 Å². The van der Waals surface area contributed by atoms with Gasteiger partial charge in [0.1, 0.15) is 16.9 Å². The van der Waals surface area contributed by atoms with Crippen molar-refractivity contribution in [2.45, 2.75) is 38.5 Å². The molecule has 5 rings (SSSR count). The Morgan fingerprint density at radius 2 is 1.83 bits per heavy atom. The Bertz CT molecular complexity index is 998. The molecule has 0 bridgehead atoms. The summed E-state index contributed by atoms with van der Waals surface area (Å²) < 4.78 is 18.1. The average molecular weight is 410 g/mol. The lowest BCUT2D eigenvalue weighted by Gasteiger charge is -2.49. The number of rotatable bonds is 4. The van der Waals surface area contributed by atoms with Crippen molar-refractivity contribution in [3.63, 3.8) is 0 Å². The summed E-state index contributed by atoms with van der Waals surface area (Å²) in [5, 5.41) is 18.6. The van der Waals surface area contributed by atoms with E-state index in [1.807, 2.05) is 24.3 Å². The van der Waals surface area contributed by atoms with Gasteiger partial charge in [-0.1, -0.05) is 24.3 Å². The van der Waals surface area contributed by atoms with E-state index in [1.165, 1.54) is 12.1 Å². The highest BCUT2D eigenvalue weighted by atomic mass is 19.1. The third kappa shape index (κ3) is 4.10. The summed E-state index contributed by atoms with van der Waals surface area (Å²) in [6.07, 6.45) is 2.69. The highest BCUT2D eigenvalue weighted by Crippen LogP contribution is 2.40. The van der Waals surface area contributed by atoms with Gasteiger partial charge < -0.3 is 5.11 Å². The largest absolute Gasteiger partial charge is 0.392 e. The molecular formula is C23H27FN4O2. The molecule has 1 aromatic heterocycles. The molecule has 30 heavy (non-hydrogen) atoms. The zero-order valence-electron chi connectivity index (χ0n) is 17.0. The van der Waals surface area contributed by atoms with Crippen molar-refractivity contribution in [2.75, 3.05) is 26.2 Å². The number of aliphatic hydroxyl groups is 1. The smallest absolute Gasteiger partial charge is 0.139 e. The summed E-state index contributed by atoms with van der Waals surface area (Å²) in [5.41, 5.74) is 4.03. The van der Waals surface area contributed by atoms with Crippen LogP contribution in [0.4, 0.5) is 4.39 Å². The predicted octanol–water partition coefficient (Wildman–Crippen LogP) is 3.21. The molecule has 0 radical (unpaired) electrons. The van der Waals surface area contributed by atoms with Crippen LogP contribution in [0.25, 0.3) is 11.0 Å². The molecule has 1 spiro atoms. The number of hydrogen-bond donors (Lipinski definition) is 1. The summed E-state index contributed by atoms with van der Waals surface area (Å²) in [6.45, 7) is 5.26. The number of benzene rings is 2. The molecule has 1 unspecified atom stereocenters. The third-order valence-corrected chi connectivity index (χ3v) is 6.70. The number of aliphatic hydroxyl groups excluding tert-OH is 1. The maximum absolute atomic E-state index is 13.2. The van der Waals surface area contributed by atoms with Crippen LogP contribution in [0.1, 0.15) is 30.4 Å². The molecule has 2 aliphatic heterocycles. The minimum atomic E-state index is -0.305. The summed E-state index contributed by atoms with van der Waals surface area (Å²) >= 11 is 0. The minimum absolute atomic E-state index is 0.148. The average Bonchev–Trinajstić information content (AvgIpc) is 3.21. The highest BCUT2D eigenvalue weighted by Gasteiger charge is 2.41. The van der Waals surface area contributed by atoms with Crippen LogP contribution < -0.4 is 0 Å². The van der Waals surface area contributed by atoms with Crippen molar-refractivity contribution in [1.29, 1.82) is 0 Å². The van der Waals surface area contributed by atoms with E-state index in [9.17, 15) is 9.50 Å². The number of hydrogen-bond acceptors (Lipinski definition) is 6. The lowest BCUT2D eigenvalue weighted by atomic mass is 9.71. The van der Waals surface area contributed by atoms with Crippen LogP contribution in [0, 0.1) is 11.2 Å². The van der Waals surface area contributed by atoms with Crippen LogP contribution in [0.5, 0.6) is 0 Å². The monoisotopic (exact) mass is 410 g/mol. The van der Waals surface area contributed by atoms with Crippen molar-refractivity contribution < 1.29 is 14.1 Å². The number of aromatic nitrogens is 2. The highest BCUT2D eigenvalue weighted by molar-refractivity contribution is 5.76. The zero-order chi connectivity index (χ0) is 20.6. The maximum atomic E-state index is 13.2. The fourth-order valence-electron chi connectivity index (χ4n) is 5.21. The number of nitrogens with zero attached hydrogens (tertiary/aromatic N) is 4. The van der Waals surface area contributed by atoms with E-state index in [0.717, 1.165) is 74.1 Å². The Kier molecular flexibility index (Phi) is 5.26. The number of piperidine rings is 2. The predicted molar refractivity (Wildman–Crippen MR) is 111 cm³/mol. The molecule has 7 heteroatoms. The number of likely N-dealkylation sites (tertiary alicyclic amines) is 2. The molecule has 0 saturated carbocycles. The first-order valence-corrected chi connectivity index (χ1v) is 10.7. The number of halogens is 1. The van der Waals surface area contributed by atoms with Gasteiger partial charge in [0.15, 0.2) is 0 Å². The number of fused-ring (bicyclic) bond motifs is 1. The molecule has 2 aromatic carbocycles. The summed E-state index contributed by atoms with van der Waals surface area (Å²) in [4.78, 5) is 4.79. The third-order valence-electron chi connectivity index (χ3n) is 6.70. The van der Waals surface area contributed by atoms with Crippen molar-refractivity contribution in [1.82, 2.24) is 20.1 Å². The number of β-amino-alcohol motifs (C(OH)–C–C–N with tert-alkyl or cyclic N) is 1. The molecule has 3 aromatic rings. The Morgan fingerprint density at radius 1 is 1.03 bits per heavy atom. The first-order valence-electron chi connectivity index (χ1n) is 10.7. The Balaban J connectivity index is 1.22. The normalized spacial score (nSPS) is 22.7. The molecule has 0 aliphatic carbocycles. The Labute approximate surface area is 175 Å². The quantitative estimate of drug-likeness (QED) is 0.713. The van der Waals surface area contributed by atoms with Crippen LogP contribution in [0.15, 0.2) is 47.1 Å². The van der Waals surface area contributed by atoms with Crippen molar-refractivity contribution in [3.8, 4) is 0 Å². The fourth-order valence-corrected chi connectivity index (χ4v) is 5.21. The second kappa shape index (κ2) is 8.06. The van der Waals surface area contributed by atoms with E-state index < -0.39 is 0 Å². The van der Waals surface area contributed by atoms with Crippen molar-refractivity contribution >= 4 is 11.0 Å². The van der Waals surface area contributed by atoms with Crippen LogP contribution in [0.3, 0.4) is 0 Å². The standard InChI is InChI=1S/C23H27FN4O2/c24-19-6-4-17(5-7-19)13-28-15-20(29)12-23(16-28)8-10-27(11-9-23)14-18-2-1-3-21-22(18)26-30-25-21/h1-7,20,29H,8-16H2. The van der Waals surface area contributed by atoms with Crippen LogP contribution in [0.2, 0.25) is 0 Å². The molecule has 0 amide bonds. The van der Waals surface area contributed by atoms with Gasteiger partial charge in [-0.2, -0.15) is 0 Å². The molecule has 2 saturated heterocycles. The van der Waals surface area contributed by atoms with E-state index in [1.54, 1.807) is 0 Å². The first kappa shape index (κ1) is 19.6. The first-order chi connectivity index (χ1) is 14.6. The maximum Gasteiger partial charge on any atom is 0.139 e. The van der Waals surface area contributed by atoms with E-state index in [2.05, 4.69) is 26.2 Å². The molecule has 1 atom stereocenters. The van der Waals surface area contributed by atoms with E-state index >= 15 is 0 Å². The minimum Gasteiger partial charge on any atom is -0.392 e. The molecule has 1 N–H and O–H groups in total. The van der Waals surface area contributed by atoms with E-state index in [4.69, 9.17) is 4.63 Å². The summed E-state index contributed by atoms with van der Waals surface area (Å²) in [6, 6.07) is 12.7. The van der Waals surface area contributed by atoms with Gasteiger partial charge in [-0.05, 0) is 77.4 Å². The molecule has 2 fully saturated rings. The lowest BCUT2D eigenvalue weighted by molar-refractivity contribution is -0.0446. The van der Waals surface area contributed by atoms with Crippen LogP contribution in [-0.2, 0) is 13.1 Å². The van der Waals surface area contributed by atoms with Crippen LogP contribution in [-0.4, -0.2) is 57.5 Å². The Morgan fingerprint density at radius 3 is 2.63 bits per heavy atom. The molecule has 6 nitrogen and oxygen atoms in total. The Hall–Kier alpha value is -2.35. The fraction of sp³-hybridized carbons (Fsp3) is 0.478. The molecular weight excluding hydrogens is 383 g/mol. The van der Waals surface area contributed by atoms with Crippen molar-refractivity contribution in [2.24, 2.45) is 5.41 Å². The molecule has 158 valence electrons. The van der Waals surface area contributed by atoms with Gasteiger partial charge in [0, 0.05) is 26.2 Å². The van der Waals surface area contributed by atoms with E-state index in [-0.39, 0.29) is 17.3 Å². The second-order valence-electron chi connectivity index (χ2n) is 8.98. The van der Waals surface area contributed by atoms with Gasteiger partial charge >= 0.3 is 0 Å². The topological polar surface area (TPSA) is 65.6 Å². The van der Waals surface area contributed by atoms with Gasteiger partial charge in [0.2, 0.25) is 0 Å². The van der Waals surface area contributed by atoms with E-state index in [0.29, 0.717) is 6.54 Å². The van der Waals surface area contributed by atoms with Gasteiger partial charge in [-0.3, -0.25) is 9.80 Å². The van der Waals surface area contributed by atoms with Gasteiger partial charge in [-0.25, -0.2) is 9.02 Å². The summed E-state index contributed by atoms with van der Waals surface area (Å²) in [7, 11) is 0. The molecule has 2 aliphatic rings. The van der Waals surface area contributed by atoms with Crippen molar-refractivity contribution in [3.05, 3.63) is 59.4 Å². The second-order valence-corrected chi connectivity index (χ2v) is 8.98. The lowest BCUT2D eigenvalue weighted by Crippen LogP contribution is -2.53.